The van der Waals surface area contributed by atoms with Gasteiger partial charge in [0.05, 0.1) is 10.5 Å². The Labute approximate surface area is 188 Å². The van der Waals surface area contributed by atoms with Gasteiger partial charge in [0.25, 0.3) is 0 Å². The van der Waals surface area contributed by atoms with Gasteiger partial charge in [0.15, 0.2) is 0 Å². The molecule has 9 heteroatoms. The second-order valence-electron chi connectivity index (χ2n) is 7.10. The molecule has 1 N–H and O–H groups in total. The first kappa shape index (κ1) is 21.9. The zero-order valence-electron chi connectivity index (χ0n) is 17.0. The quantitative estimate of drug-likeness (QED) is 0.324. The molecule has 0 radical (unpaired) electrons. The van der Waals surface area contributed by atoms with Crippen molar-refractivity contribution in [3.63, 3.8) is 0 Å². The molecule has 0 fully saturated rings. The number of ether oxygens (including phenoxy) is 1. The lowest BCUT2D eigenvalue weighted by Gasteiger charge is -2.09. The van der Waals surface area contributed by atoms with Crippen LogP contribution in [-0.2, 0) is 27.9 Å². The molecule has 0 amide bonds. The number of carbonyl (C=O) groups is 1. The van der Waals surface area contributed by atoms with Gasteiger partial charge in [-0.3, -0.25) is 0 Å². The molecule has 0 bridgehead atoms. The maximum atomic E-state index is 12.6. The molecule has 4 aromatic rings. The van der Waals surface area contributed by atoms with E-state index in [1.165, 1.54) is 41.7 Å². The predicted molar refractivity (Wildman–Crippen MR) is 121 cm³/mol. The fourth-order valence-electron chi connectivity index (χ4n) is 3.14. The fourth-order valence-corrected chi connectivity index (χ4v) is 4.92. The lowest BCUT2D eigenvalue weighted by molar-refractivity contribution is 0.0473. The van der Waals surface area contributed by atoms with Gasteiger partial charge in [-0.2, -0.15) is 0 Å². The minimum absolute atomic E-state index is 0.0372. The van der Waals surface area contributed by atoms with Crippen molar-refractivity contribution in [1.29, 1.82) is 0 Å². The summed E-state index contributed by atoms with van der Waals surface area (Å²) >= 11 is 1.44. The molecule has 4 rings (SSSR count). The second kappa shape index (κ2) is 9.07. The molecule has 0 aliphatic carbocycles. The van der Waals surface area contributed by atoms with Crippen LogP contribution < -0.4 is 10.3 Å². The number of rotatable bonds is 7. The molecule has 0 saturated heterocycles. The van der Waals surface area contributed by atoms with Crippen molar-refractivity contribution in [2.45, 2.75) is 25.0 Å². The minimum atomic E-state index is -3.80. The highest BCUT2D eigenvalue weighted by Gasteiger charge is 2.17. The van der Waals surface area contributed by atoms with Crippen molar-refractivity contribution in [2.75, 3.05) is 0 Å². The van der Waals surface area contributed by atoms with Crippen LogP contribution in [0.5, 0.6) is 0 Å². The van der Waals surface area contributed by atoms with E-state index in [9.17, 15) is 18.0 Å². The highest BCUT2D eigenvalue weighted by molar-refractivity contribution is 7.89. The van der Waals surface area contributed by atoms with Crippen LogP contribution in [0.1, 0.15) is 26.4 Å². The zero-order chi connectivity index (χ0) is 22.7. The lowest BCUT2D eigenvalue weighted by atomic mass is 10.1. The summed E-state index contributed by atoms with van der Waals surface area (Å²) in [6.45, 7) is 1.89. The van der Waals surface area contributed by atoms with Crippen molar-refractivity contribution in [3.05, 3.63) is 98.0 Å². The number of nitrogens with one attached hydrogen (secondary N) is 1. The van der Waals surface area contributed by atoms with Crippen molar-refractivity contribution in [3.8, 4) is 0 Å². The van der Waals surface area contributed by atoms with Gasteiger partial charge in [0.2, 0.25) is 10.0 Å². The summed E-state index contributed by atoms with van der Waals surface area (Å²) in [6, 6.07) is 16.0. The van der Waals surface area contributed by atoms with Gasteiger partial charge < -0.3 is 9.15 Å². The Balaban J connectivity index is 1.50. The summed E-state index contributed by atoms with van der Waals surface area (Å²) in [7, 11) is -3.80. The van der Waals surface area contributed by atoms with E-state index < -0.39 is 21.6 Å². The molecule has 32 heavy (non-hydrogen) atoms. The average molecular weight is 470 g/mol. The Morgan fingerprint density at radius 3 is 2.72 bits per heavy atom. The van der Waals surface area contributed by atoms with E-state index in [0.717, 1.165) is 10.4 Å². The summed E-state index contributed by atoms with van der Waals surface area (Å²) in [6.07, 6.45) is 0. The van der Waals surface area contributed by atoms with Crippen LogP contribution in [0.15, 0.2) is 80.2 Å². The van der Waals surface area contributed by atoms with Gasteiger partial charge in [0.1, 0.15) is 12.2 Å². The molecule has 0 aliphatic heterocycles. The van der Waals surface area contributed by atoms with Gasteiger partial charge in [-0.25, -0.2) is 22.7 Å². The smallest absolute Gasteiger partial charge is 0.338 e. The lowest BCUT2D eigenvalue weighted by Crippen LogP contribution is -2.23. The van der Waals surface area contributed by atoms with E-state index in [0.29, 0.717) is 16.5 Å². The highest BCUT2D eigenvalue weighted by Crippen LogP contribution is 2.20. The molecular formula is C23H19NO6S2. The Morgan fingerprint density at radius 2 is 1.94 bits per heavy atom. The first-order valence-electron chi connectivity index (χ1n) is 9.64. The highest BCUT2D eigenvalue weighted by atomic mass is 32.2. The summed E-state index contributed by atoms with van der Waals surface area (Å²) < 4.78 is 38.3. The third-order valence-corrected chi connectivity index (χ3v) is 7.02. The van der Waals surface area contributed by atoms with Gasteiger partial charge in [-0.15, -0.1) is 11.3 Å². The minimum Gasteiger partial charge on any atom is -0.457 e. The number of benzene rings is 2. The Bertz CT molecular complexity index is 1440. The van der Waals surface area contributed by atoms with E-state index in [-0.39, 0.29) is 23.6 Å². The third kappa shape index (κ3) is 4.96. The van der Waals surface area contributed by atoms with Crippen LogP contribution in [0.3, 0.4) is 0 Å². The number of thiophene rings is 1. The fraction of sp³-hybridized carbons (Fsp3) is 0.130. The maximum Gasteiger partial charge on any atom is 0.338 e. The van der Waals surface area contributed by atoms with Crippen LogP contribution in [0.2, 0.25) is 0 Å². The molecular weight excluding hydrogens is 450 g/mol. The first-order chi connectivity index (χ1) is 15.3. The number of sulfonamides is 1. The molecule has 2 heterocycles. The monoisotopic (exact) mass is 469 g/mol. The van der Waals surface area contributed by atoms with E-state index in [1.54, 1.807) is 12.1 Å². The molecule has 0 unspecified atom stereocenters. The number of aryl methyl sites for hydroxylation is 1. The van der Waals surface area contributed by atoms with Crippen molar-refractivity contribution >= 4 is 38.3 Å². The Morgan fingerprint density at radius 1 is 1.09 bits per heavy atom. The predicted octanol–water partition coefficient (Wildman–Crippen LogP) is 4.00. The van der Waals surface area contributed by atoms with E-state index in [2.05, 4.69) is 4.72 Å². The van der Waals surface area contributed by atoms with Crippen LogP contribution in [0.25, 0.3) is 11.0 Å². The van der Waals surface area contributed by atoms with Crippen LogP contribution >= 0.6 is 11.3 Å². The maximum absolute atomic E-state index is 12.6. The van der Waals surface area contributed by atoms with Crippen molar-refractivity contribution in [2.24, 2.45) is 0 Å². The number of hydrogen-bond acceptors (Lipinski definition) is 7. The summed E-state index contributed by atoms with van der Waals surface area (Å²) in [5.74, 6) is -0.700. The first-order valence-corrected chi connectivity index (χ1v) is 12.0. The van der Waals surface area contributed by atoms with E-state index in [4.69, 9.17) is 9.15 Å². The number of fused-ring (bicyclic) bond motifs is 1. The zero-order valence-corrected chi connectivity index (χ0v) is 18.7. The summed E-state index contributed by atoms with van der Waals surface area (Å²) in [5, 5.41) is 2.53. The van der Waals surface area contributed by atoms with Crippen LogP contribution in [0, 0.1) is 6.92 Å². The van der Waals surface area contributed by atoms with Gasteiger partial charge in [0, 0.05) is 28.4 Å². The molecule has 2 aromatic heterocycles. The van der Waals surface area contributed by atoms with E-state index in [1.807, 2.05) is 30.5 Å². The van der Waals surface area contributed by atoms with Crippen LogP contribution in [0.4, 0.5) is 0 Å². The largest absolute Gasteiger partial charge is 0.457 e. The van der Waals surface area contributed by atoms with Gasteiger partial charge in [-0.05, 0) is 48.2 Å². The Kier molecular flexibility index (Phi) is 6.22. The van der Waals surface area contributed by atoms with Crippen molar-refractivity contribution < 1.29 is 22.4 Å². The summed E-state index contributed by atoms with van der Waals surface area (Å²) in [4.78, 5) is 25.3. The molecule has 164 valence electrons. The van der Waals surface area contributed by atoms with Gasteiger partial charge >= 0.3 is 11.6 Å². The van der Waals surface area contributed by atoms with Crippen LogP contribution in [-0.4, -0.2) is 14.4 Å². The molecule has 0 atom stereocenters. The average Bonchev–Trinajstić information content (AvgIpc) is 3.29. The molecule has 0 saturated carbocycles. The number of hydrogen-bond donors (Lipinski definition) is 1. The number of carbonyl (C=O) groups excluding carboxylic acids is 1. The summed E-state index contributed by atoms with van der Waals surface area (Å²) in [5.41, 5.74) is 1.39. The standard InChI is InChI=1S/C23H19NO6S2/c1-15-7-8-20-17(12-22(25)30-21(20)10-15)14-29-23(26)16-4-2-6-19(11-16)32(27,28)24-13-18-5-3-9-31-18/h2-12,24H,13-14H2,1H3. The topological polar surface area (TPSA) is 103 Å². The SMILES string of the molecule is Cc1ccc2c(COC(=O)c3cccc(S(=O)(=O)NCc4cccs4)c3)cc(=O)oc2c1. The third-order valence-electron chi connectivity index (χ3n) is 4.74. The second-order valence-corrected chi connectivity index (χ2v) is 9.90. The van der Waals surface area contributed by atoms with E-state index >= 15 is 0 Å². The van der Waals surface area contributed by atoms with Crippen molar-refractivity contribution in [1.82, 2.24) is 4.72 Å². The molecule has 7 nitrogen and oxygen atoms in total. The normalized spacial score (nSPS) is 11.5. The Hall–Kier alpha value is -3.27. The molecule has 0 spiro atoms. The van der Waals surface area contributed by atoms with Gasteiger partial charge in [-0.1, -0.05) is 24.3 Å². The number of esters is 1. The molecule has 0 aliphatic rings. The molecule has 2 aromatic carbocycles.